The van der Waals surface area contributed by atoms with Crippen molar-refractivity contribution in [2.45, 2.75) is 6.92 Å². The van der Waals surface area contributed by atoms with Gasteiger partial charge in [0.2, 0.25) is 0 Å². The smallest absolute Gasteiger partial charge is 0.265 e. The van der Waals surface area contributed by atoms with Crippen LogP contribution >= 0.6 is 22.9 Å². The maximum absolute atomic E-state index is 12.1. The number of nitrogens with two attached hydrogens (primary N) is 1. The lowest BCUT2D eigenvalue weighted by molar-refractivity contribution is 0.103. The summed E-state index contributed by atoms with van der Waals surface area (Å²) in [6.07, 6.45) is 0. The van der Waals surface area contributed by atoms with E-state index in [0.29, 0.717) is 16.4 Å². The van der Waals surface area contributed by atoms with E-state index >= 15 is 0 Å². The zero-order valence-corrected chi connectivity index (χ0v) is 12.4. The van der Waals surface area contributed by atoms with Crippen molar-refractivity contribution >= 4 is 34.5 Å². The maximum atomic E-state index is 12.1. The minimum atomic E-state index is -0.152. The molecule has 1 heterocycles. The number of hydrogen-bond donors (Lipinski definition) is 2. The van der Waals surface area contributed by atoms with Gasteiger partial charge in [-0.15, -0.1) is 11.3 Å². The molecule has 3 nitrogen and oxygen atoms in total. The topological polar surface area (TPSA) is 55.1 Å². The van der Waals surface area contributed by atoms with Crippen LogP contribution in [-0.2, 0) is 0 Å². The number of thiophene rings is 1. The summed E-state index contributed by atoms with van der Waals surface area (Å²) in [5.74, 6) is 5.52. The number of carbonyl (C=O) groups excluding carboxylic acids is 1. The summed E-state index contributed by atoms with van der Waals surface area (Å²) in [5, 5.41) is 3.51. The van der Waals surface area contributed by atoms with Crippen LogP contribution in [0, 0.1) is 18.8 Å². The van der Waals surface area contributed by atoms with Crippen molar-refractivity contribution in [1.82, 2.24) is 0 Å². The molecule has 0 aliphatic carbocycles. The highest BCUT2D eigenvalue weighted by atomic mass is 35.5. The Balaban J connectivity index is 2.13. The third-order valence-electron chi connectivity index (χ3n) is 2.58. The molecule has 2 rings (SSSR count). The molecule has 3 N–H and O–H groups in total. The summed E-state index contributed by atoms with van der Waals surface area (Å²) in [5.41, 5.74) is 6.99. The predicted octanol–water partition coefficient (Wildman–Crippen LogP) is 3.27. The van der Waals surface area contributed by atoms with E-state index in [9.17, 15) is 4.79 Å². The van der Waals surface area contributed by atoms with Gasteiger partial charge < -0.3 is 11.1 Å². The first kappa shape index (κ1) is 14.6. The normalized spacial score (nSPS) is 9.75. The molecular formula is C15H13ClN2OS. The number of hydrogen-bond acceptors (Lipinski definition) is 3. The fraction of sp³-hybridized carbons (Fsp3) is 0.133. The zero-order valence-electron chi connectivity index (χ0n) is 10.9. The van der Waals surface area contributed by atoms with Crippen LogP contribution in [0.4, 0.5) is 5.69 Å². The van der Waals surface area contributed by atoms with Crippen molar-refractivity contribution in [3.8, 4) is 11.8 Å². The van der Waals surface area contributed by atoms with E-state index in [4.69, 9.17) is 17.3 Å². The summed E-state index contributed by atoms with van der Waals surface area (Å²) in [6, 6.07) is 8.92. The van der Waals surface area contributed by atoms with E-state index in [0.717, 1.165) is 16.1 Å². The number of halogens is 1. The van der Waals surface area contributed by atoms with Gasteiger partial charge in [-0.3, -0.25) is 4.79 Å². The molecule has 1 amide bonds. The molecule has 0 bridgehead atoms. The Labute approximate surface area is 126 Å². The number of aryl methyl sites for hydroxylation is 1. The Hall–Kier alpha value is -1.80. The van der Waals surface area contributed by atoms with Gasteiger partial charge in [0.25, 0.3) is 5.91 Å². The van der Waals surface area contributed by atoms with Gasteiger partial charge >= 0.3 is 0 Å². The monoisotopic (exact) mass is 304 g/mol. The summed E-state index contributed by atoms with van der Waals surface area (Å²) in [7, 11) is 0. The summed E-state index contributed by atoms with van der Waals surface area (Å²) in [6.45, 7) is 2.21. The van der Waals surface area contributed by atoms with Gasteiger partial charge in [-0.05, 0) is 42.8 Å². The molecule has 0 aliphatic rings. The predicted molar refractivity (Wildman–Crippen MR) is 84.4 cm³/mol. The van der Waals surface area contributed by atoms with E-state index < -0.39 is 0 Å². The van der Waals surface area contributed by atoms with Gasteiger partial charge in [-0.25, -0.2) is 0 Å². The van der Waals surface area contributed by atoms with E-state index in [-0.39, 0.29) is 5.91 Å². The SMILES string of the molecule is Cc1cc(Cl)ccc1NC(=O)c1ccc(C#CCN)s1. The summed E-state index contributed by atoms with van der Waals surface area (Å²) in [4.78, 5) is 13.6. The Kier molecular flexibility index (Phi) is 4.80. The molecular weight excluding hydrogens is 292 g/mol. The highest BCUT2D eigenvalue weighted by Gasteiger charge is 2.10. The number of rotatable bonds is 2. The average molecular weight is 305 g/mol. The van der Waals surface area contributed by atoms with Crippen molar-refractivity contribution in [3.05, 3.63) is 50.7 Å². The first-order valence-electron chi connectivity index (χ1n) is 5.96. The molecule has 0 radical (unpaired) electrons. The molecule has 1 aromatic heterocycles. The van der Waals surface area contributed by atoms with Gasteiger partial charge in [-0.2, -0.15) is 0 Å². The number of anilines is 1. The van der Waals surface area contributed by atoms with Crippen LogP contribution in [-0.4, -0.2) is 12.5 Å². The van der Waals surface area contributed by atoms with Crippen LogP contribution in [0.5, 0.6) is 0 Å². The third kappa shape index (κ3) is 3.61. The second kappa shape index (κ2) is 6.58. The largest absolute Gasteiger partial charge is 0.321 e. The van der Waals surface area contributed by atoms with Crippen molar-refractivity contribution in [2.24, 2.45) is 5.73 Å². The number of amides is 1. The number of nitrogens with one attached hydrogen (secondary N) is 1. The zero-order chi connectivity index (χ0) is 14.5. The first-order chi connectivity index (χ1) is 9.60. The van der Waals surface area contributed by atoms with Crippen LogP contribution in [0.15, 0.2) is 30.3 Å². The first-order valence-corrected chi connectivity index (χ1v) is 7.16. The van der Waals surface area contributed by atoms with E-state index in [2.05, 4.69) is 17.2 Å². The molecule has 0 spiro atoms. The summed E-state index contributed by atoms with van der Waals surface area (Å²) < 4.78 is 0. The molecule has 2 aromatic rings. The second-order valence-electron chi connectivity index (χ2n) is 4.08. The van der Waals surface area contributed by atoms with E-state index in [1.54, 1.807) is 18.2 Å². The van der Waals surface area contributed by atoms with Crippen molar-refractivity contribution in [3.63, 3.8) is 0 Å². The molecule has 0 fully saturated rings. The van der Waals surface area contributed by atoms with Crippen LogP contribution in [0.3, 0.4) is 0 Å². The Morgan fingerprint density at radius 2 is 2.20 bits per heavy atom. The number of carbonyl (C=O) groups is 1. The van der Waals surface area contributed by atoms with Crippen LogP contribution < -0.4 is 11.1 Å². The number of benzene rings is 1. The van der Waals surface area contributed by atoms with Gasteiger partial charge in [0.1, 0.15) is 0 Å². The molecule has 0 saturated carbocycles. The lowest BCUT2D eigenvalue weighted by Gasteiger charge is -2.07. The Bertz CT molecular complexity index is 697. The lowest BCUT2D eigenvalue weighted by atomic mass is 10.2. The van der Waals surface area contributed by atoms with Crippen molar-refractivity contribution < 1.29 is 4.79 Å². The fourth-order valence-corrected chi connectivity index (χ4v) is 2.62. The molecule has 0 saturated heterocycles. The minimum Gasteiger partial charge on any atom is -0.321 e. The van der Waals surface area contributed by atoms with Crippen LogP contribution in [0.2, 0.25) is 5.02 Å². The Morgan fingerprint density at radius 1 is 1.40 bits per heavy atom. The molecule has 0 unspecified atom stereocenters. The third-order valence-corrected chi connectivity index (χ3v) is 3.81. The highest BCUT2D eigenvalue weighted by Crippen LogP contribution is 2.22. The Morgan fingerprint density at radius 3 is 2.90 bits per heavy atom. The fourth-order valence-electron chi connectivity index (χ4n) is 1.62. The van der Waals surface area contributed by atoms with Gasteiger partial charge in [0.05, 0.1) is 16.3 Å². The van der Waals surface area contributed by atoms with Gasteiger partial charge in [-0.1, -0.05) is 23.4 Å². The van der Waals surface area contributed by atoms with E-state index in [1.165, 1.54) is 11.3 Å². The highest BCUT2D eigenvalue weighted by molar-refractivity contribution is 7.14. The van der Waals surface area contributed by atoms with E-state index in [1.807, 2.05) is 19.1 Å². The average Bonchev–Trinajstić information content (AvgIpc) is 2.88. The lowest BCUT2D eigenvalue weighted by Crippen LogP contribution is -2.10. The van der Waals surface area contributed by atoms with Crippen LogP contribution in [0.25, 0.3) is 0 Å². The molecule has 20 heavy (non-hydrogen) atoms. The molecule has 102 valence electrons. The second-order valence-corrected chi connectivity index (χ2v) is 5.60. The maximum Gasteiger partial charge on any atom is 0.265 e. The standard InChI is InChI=1S/C15H13ClN2OS/c1-10-9-11(16)4-6-13(10)18-15(19)14-7-5-12(20-14)3-2-8-17/h4-7,9H,8,17H2,1H3,(H,18,19). The molecule has 1 aromatic carbocycles. The van der Waals surface area contributed by atoms with Crippen molar-refractivity contribution in [2.75, 3.05) is 11.9 Å². The van der Waals surface area contributed by atoms with Gasteiger partial charge in [0.15, 0.2) is 0 Å². The molecule has 0 aliphatic heterocycles. The van der Waals surface area contributed by atoms with Gasteiger partial charge in [0, 0.05) is 10.7 Å². The van der Waals surface area contributed by atoms with Crippen molar-refractivity contribution in [1.29, 1.82) is 0 Å². The summed E-state index contributed by atoms with van der Waals surface area (Å²) >= 11 is 7.23. The quantitative estimate of drug-likeness (QED) is 0.837. The molecule has 0 atom stereocenters. The molecule has 5 heteroatoms. The van der Waals surface area contributed by atoms with Crippen LogP contribution in [0.1, 0.15) is 20.1 Å². The minimum absolute atomic E-state index is 0.152.